The van der Waals surface area contributed by atoms with Crippen LogP contribution in [0.25, 0.3) is 22.2 Å². The first-order valence-corrected chi connectivity index (χ1v) is 11.2. The summed E-state index contributed by atoms with van der Waals surface area (Å²) in [6.45, 7) is 3.69. The molecule has 1 aliphatic rings. The summed E-state index contributed by atoms with van der Waals surface area (Å²) in [6, 6.07) is 23.8. The van der Waals surface area contributed by atoms with E-state index in [-0.39, 0.29) is 12.0 Å². The second-order valence-corrected chi connectivity index (χ2v) is 8.23. The van der Waals surface area contributed by atoms with Crippen molar-refractivity contribution in [2.24, 2.45) is 0 Å². The molecule has 0 unspecified atom stereocenters. The predicted octanol–water partition coefficient (Wildman–Crippen LogP) is 3.93. The van der Waals surface area contributed by atoms with Crippen molar-refractivity contribution in [2.75, 3.05) is 26.2 Å². The van der Waals surface area contributed by atoms with Gasteiger partial charge in [0.15, 0.2) is 0 Å². The minimum Gasteiger partial charge on any atom is -0.374 e. The maximum atomic E-state index is 13.2. The maximum absolute atomic E-state index is 13.2. The Kier molecular flexibility index (Phi) is 6.37. The van der Waals surface area contributed by atoms with E-state index >= 15 is 0 Å². The van der Waals surface area contributed by atoms with E-state index in [0.717, 1.165) is 41.8 Å². The van der Waals surface area contributed by atoms with Crippen molar-refractivity contribution in [3.63, 3.8) is 0 Å². The van der Waals surface area contributed by atoms with Crippen molar-refractivity contribution < 1.29 is 9.53 Å². The van der Waals surface area contributed by atoms with Crippen molar-refractivity contribution >= 4 is 16.8 Å². The van der Waals surface area contributed by atoms with Crippen LogP contribution in [0.15, 0.2) is 85.2 Å². The molecule has 0 bridgehead atoms. The van der Waals surface area contributed by atoms with Gasteiger partial charge in [-0.2, -0.15) is 0 Å². The standard InChI is InChI=1S/C27H26N4O2/c32-27(29-17-22-19-31(14-15-33-22)18-20-6-2-1-3-7-20)24-16-26(21-10-12-28-13-11-21)30-25-9-5-4-8-23(24)25/h1-13,16,22H,14-15,17-19H2,(H,29,32)/t22-/m1/s1. The Labute approximate surface area is 193 Å². The molecule has 6 heteroatoms. The lowest BCUT2D eigenvalue weighted by atomic mass is 10.0. The summed E-state index contributed by atoms with van der Waals surface area (Å²) in [5, 5.41) is 3.93. The van der Waals surface area contributed by atoms with E-state index in [0.29, 0.717) is 18.7 Å². The van der Waals surface area contributed by atoms with Crippen molar-refractivity contribution in [1.29, 1.82) is 0 Å². The minimum absolute atomic E-state index is 0.0424. The number of benzene rings is 2. The molecular weight excluding hydrogens is 412 g/mol. The second-order valence-electron chi connectivity index (χ2n) is 8.23. The van der Waals surface area contributed by atoms with Crippen LogP contribution in [0.3, 0.4) is 0 Å². The van der Waals surface area contributed by atoms with Crippen molar-refractivity contribution in [1.82, 2.24) is 20.2 Å². The number of carbonyl (C=O) groups excluding carboxylic acids is 1. The van der Waals surface area contributed by atoms with Crippen LogP contribution in [0, 0.1) is 0 Å². The first-order valence-electron chi connectivity index (χ1n) is 11.2. The average Bonchev–Trinajstić information content (AvgIpc) is 2.88. The SMILES string of the molecule is O=C(NC[C@@H]1CN(Cc2ccccc2)CCO1)c1cc(-c2ccncc2)nc2ccccc12. The van der Waals surface area contributed by atoms with Crippen molar-refractivity contribution in [3.8, 4) is 11.3 Å². The number of ether oxygens (including phenoxy) is 1. The number of rotatable bonds is 6. The zero-order valence-electron chi connectivity index (χ0n) is 18.4. The summed E-state index contributed by atoms with van der Waals surface area (Å²) in [5.74, 6) is -0.118. The molecule has 2 aromatic heterocycles. The lowest BCUT2D eigenvalue weighted by Gasteiger charge is -2.33. The number of para-hydroxylation sites is 1. The zero-order chi connectivity index (χ0) is 22.5. The topological polar surface area (TPSA) is 67.4 Å². The number of morpholine rings is 1. The number of nitrogens with one attached hydrogen (secondary N) is 1. The Balaban J connectivity index is 1.30. The van der Waals surface area contributed by atoms with Crippen LogP contribution in [0.4, 0.5) is 0 Å². The molecule has 0 aliphatic carbocycles. The molecular formula is C27H26N4O2. The van der Waals surface area contributed by atoms with Crippen LogP contribution in [-0.4, -0.2) is 53.1 Å². The first kappa shape index (κ1) is 21.2. The van der Waals surface area contributed by atoms with Gasteiger partial charge < -0.3 is 10.1 Å². The zero-order valence-corrected chi connectivity index (χ0v) is 18.4. The van der Waals surface area contributed by atoms with Gasteiger partial charge in [0, 0.05) is 49.5 Å². The third kappa shape index (κ3) is 5.08. The Morgan fingerprint density at radius 3 is 2.67 bits per heavy atom. The summed E-state index contributed by atoms with van der Waals surface area (Å²) >= 11 is 0. The number of amides is 1. The summed E-state index contributed by atoms with van der Waals surface area (Å²) in [5.41, 5.74) is 4.37. The number of hydrogen-bond acceptors (Lipinski definition) is 5. The second kappa shape index (κ2) is 9.90. The van der Waals surface area contributed by atoms with E-state index in [2.05, 4.69) is 39.5 Å². The molecule has 1 aliphatic heterocycles. The largest absolute Gasteiger partial charge is 0.374 e. The predicted molar refractivity (Wildman–Crippen MR) is 129 cm³/mol. The Morgan fingerprint density at radius 1 is 1.03 bits per heavy atom. The van der Waals surface area contributed by atoms with Crippen LogP contribution < -0.4 is 5.32 Å². The summed E-state index contributed by atoms with van der Waals surface area (Å²) in [6.07, 6.45) is 3.42. The quantitative estimate of drug-likeness (QED) is 0.494. The maximum Gasteiger partial charge on any atom is 0.252 e. The fraction of sp³-hybridized carbons (Fsp3) is 0.222. The first-order chi connectivity index (χ1) is 16.3. The molecule has 1 N–H and O–H groups in total. The number of carbonyl (C=O) groups is 1. The average molecular weight is 439 g/mol. The van der Waals surface area contributed by atoms with Gasteiger partial charge in [0.25, 0.3) is 5.91 Å². The van der Waals surface area contributed by atoms with E-state index in [1.807, 2.05) is 48.5 Å². The van der Waals surface area contributed by atoms with Gasteiger partial charge in [0.1, 0.15) is 0 Å². The molecule has 6 nitrogen and oxygen atoms in total. The van der Waals surface area contributed by atoms with Gasteiger partial charge in [-0.3, -0.25) is 14.7 Å². The third-order valence-electron chi connectivity index (χ3n) is 5.90. The summed E-state index contributed by atoms with van der Waals surface area (Å²) < 4.78 is 5.94. The smallest absolute Gasteiger partial charge is 0.252 e. The molecule has 0 radical (unpaired) electrons. The molecule has 1 saturated heterocycles. The molecule has 166 valence electrons. The van der Waals surface area contributed by atoms with Crippen LogP contribution in [-0.2, 0) is 11.3 Å². The van der Waals surface area contributed by atoms with Gasteiger partial charge in [0.2, 0.25) is 0 Å². The molecule has 33 heavy (non-hydrogen) atoms. The van der Waals surface area contributed by atoms with Gasteiger partial charge in [-0.15, -0.1) is 0 Å². The number of pyridine rings is 2. The molecule has 1 fully saturated rings. The van der Waals surface area contributed by atoms with E-state index in [1.54, 1.807) is 12.4 Å². The molecule has 2 aromatic carbocycles. The van der Waals surface area contributed by atoms with Gasteiger partial charge in [-0.1, -0.05) is 48.5 Å². The van der Waals surface area contributed by atoms with Crippen LogP contribution in [0.2, 0.25) is 0 Å². The number of hydrogen-bond donors (Lipinski definition) is 1. The van der Waals surface area contributed by atoms with E-state index in [4.69, 9.17) is 9.72 Å². The molecule has 1 amide bonds. The lowest BCUT2D eigenvalue weighted by molar-refractivity contribution is -0.0292. The minimum atomic E-state index is -0.118. The molecule has 0 saturated carbocycles. The Morgan fingerprint density at radius 2 is 1.82 bits per heavy atom. The van der Waals surface area contributed by atoms with E-state index < -0.39 is 0 Å². The fourth-order valence-electron chi connectivity index (χ4n) is 4.22. The lowest BCUT2D eigenvalue weighted by Crippen LogP contribution is -2.47. The number of aromatic nitrogens is 2. The highest BCUT2D eigenvalue weighted by atomic mass is 16.5. The van der Waals surface area contributed by atoms with Crippen LogP contribution >= 0.6 is 0 Å². The van der Waals surface area contributed by atoms with Crippen LogP contribution in [0.1, 0.15) is 15.9 Å². The Hall–Kier alpha value is -3.61. The molecule has 5 rings (SSSR count). The summed E-state index contributed by atoms with van der Waals surface area (Å²) in [7, 11) is 0. The van der Waals surface area contributed by atoms with Gasteiger partial charge >= 0.3 is 0 Å². The van der Waals surface area contributed by atoms with E-state index in [1.165, 1.54) is 5.56 Å². The molecule has 3 heterocycles. The molecule has 4 aromatic rings. The highest BCUT2D eigenvalue weighted by molar-refractivity contribution is 6.07. The van der Waals surface area contributed by atoms with E-state index in [9.17, 15) is 4.79 Å². The number of nitrogens with zero attached hydrogens (tertiary/aromatic N) is 3. The van der Waals surface area contributed by atoms with Crippen molar-refractivity contribution in [3.05, 3.63) is 96.3 Å². The normalized spacial score (nSPS) is 16.5. The van der Waals surface area contributed by atoms with Crippen LogP contribution in [0.5, 0.6) is 0 Å². The fourth-order valence-corrected chi connectivity index (χ4v) is 4.22. The Bertz CT molecular complexity index is 1230. The van der Waals surface area contributed by atoms with Gasteiger partial charge in [0.05, 0.1) is 29.5 Å². The highest BCUT2D eigenvalue weighted by Gasteiger charge is 2.22. The third-order valence-corrected chi connectivity index (χ3v) is 5.90. The molecule has 1 atom stereocenters. The number of fused-ring (bicyclic) bond motifs is 1. The summed E-state index contributed by atoms with van der Waals surface area (Å²) in [4.78, 5) is 24.4. The van der Waals surface area contributed by atoms with Crippen molar-refractivity contribution in [2.45, 2.75) is 12.6 Å². The molecule has 0 spiro atoms. The highest BCUT2D eigenvalue weighted by Crippen LogP contribution is 2.24. The van der Waals surface area contributed by atoms with Gasteiger partial charge in [-0.25, -0.2) is 4.98 Å². The van der Waals surface area contributed by atoms with Gasteiger partial charge in [-0.05, 0) is 29.8 Å². The monoisotopic (exact) mass is 438 g/mol.